The molecular weight excluding hydrogens is 400 g/mol. The normalized spacial score (nSPS) is 24.6. The lowest BCUT2D eigenvalue weighted by Gasteiger charge is -2.39. The van der Waals surface area contributed by atoms with E-state index < -0.39 is 11.0 Å². The van der Waals surface area contributed by atoms with Gasteiger partial charge in [-0.2, -0.15) is 0 Å². The summed E-state index contributed by atoms with van der Waals surface area (Å²) in [6.45, 7) is 6.49. The quantitative estimate of drug-likeness (QED) is 0.771. The van der Waals surface area contributed by atoms with Gasteiger partial charge in [0, 0.05) is 12.8 Å². The summed E-state index contributed by atoms with van der Waals surface area (Å²) >= 11 is 0. The minimum absolute atomic E-state index is 0.00754. The summed E-state index contributed by atoms with van der Waals surface area (Å²) in [5.74, 6) is 2.38. The van der Waals surface area contributed by atoms with E-state index in [1.165, 1.54) is 0 Å². The van der Waals surface area contributed by atoms with Crippen molar-refractivity contribution in [3.63, 3.8) is 0 Å². The number of aliphatic imine (C=N–C) groups is 2. The molecule has 8 nitrogen and oxygen atoms in total. The first-order valence-corrected chi connectivity index (χ1v) is 11.8. The van der Waals surface area contributed by atoms with Crippen molar-refractivity contribution < 1.29 is 9.00 Å². The third kappa shape index (κ3) is 4.04. The molecule has 3 heterocycles. The van der Waals surface area contributed by atoms with Gasteiger partial charge in [0.05, 0.1) is 23.3 Å². The van der Waals surface area contributed by atoms with Crippen LogP contribution in [0.2, 0.25) is 0 Å². The van der Waals surface area contributed by atoms with Crippen molar-refractivity contribution >= 4 is 34.3 Å². The van der Waals surface area contributed by atoms with E-state index in [-0.39, 0.29) is 18.0 Å². The highest BCUT2D eigenvalue weighted by atomic mass is 32.2. The highest BCUT2D eigenvalue weighted by Gasteiger charge is 2.38. The second-order valence-corrected chi connectivity index (χ2v) is 9.11. The number of carbonyl (C=O) groups excluding carboxylic acids is 1. The molecule has 0 radical (unpaired) electrons. The molecule has 2 N–H and O–H groups in total. The number of hydrogen-bond donors (Lipinski definition) is 2. The maximum absolute atomic E-state index is 13.6. The lowest BCUT2D eigenvalue weighted by molar-refractivity contribution is 0.0566. The van der Waals surface area contributed by atoms with Gasteiger partial charge in [-0.05, 0) is 58.2 Å². The molecule has 1 aromatic rings. The molecule has 0 aromatic heterocycles. The van der Waals surface area contributed by atoms with Crippen LogP contribution in [0, 0.1) is 6.92 Å². The first-order chi connectivity index (χ1) is 14.3. The molecule has 0 bridgehead atoms. The van der Waals surface area contributed by atoms with E-state index >= 15 is 0 Å². The summed E-state index contributed by atoms with van der Waals surface area (Å²) in [6.07, 6.45) is 6.61. The van der Waals surface area contributed by atoms with Crippen LogP contribution in [-0.2, 0) is 11.0 Å². The fourth-order valence-corrected chi connectivity index (χ4v) is 4.81. The van der Waals surface area contributed by atoms with Crippen molar-refractivity contribution in [3.05, 3.63) is 41.2 Å². The lowest BCUT2D eigenvalue weighted by Crippen LogP contribution is -2.55. The number of benzene rings is 1. The molecule has 3 unspecified atom stereocenters. The molecule has 0 spiro atoms. The number of hydrogen-bond acceptors (Lipinski definition) is 6. The van der Waals surface area contributed by atoms with Crippen LogP contribution in [-0.4, -0.2) is 56.6 Å². The van der Waals surface area contributed by atoms with Crippen molar-refractivity contribution in [2.75, 3.05) is 17.5 Å². The number of carbonyl (C=O) groups is 1. The van der Waals surface area contributed by atoms with Gasteiger partial charge >= 0.3 is 0 Å². The average Bonchev–Trinajstić information content (AvgIpc) is 3.13. The highest BCUT2D eigenvalue weighted by molar-refractivity contribution is 7.85. The fourth-order valence-electron chi connectivity index (χ4n) is 4.32. The van der Waals surface area contributed by atoms with Crippen molar-refractivity contribution in [2.24, 2.45) is 9.98 Å². The van der Waals surface area contributed by atoms with Gasteiger partial charge in [0.2, 0.25) is 0 Å². The van der Waals surface area contributed by atoms with E-state index in [1.807, 2.05) is 48.9 Å². The molecule has 160 valence electrons. The van der Waals surface area contributed by atoms with Gasteiger partial charge in [0.15, 0.2) is 0 Å². The number of fused-ring (bicyclic) bond motifs is 1. The number of rotatable bonds is 4. The Hall–Kier alpha value is -2.52. The molecule has 3 aliphatic heterocycles. The van der Waals surface area contributed by atoms with Crippen LogP contribution < -0.4 is 10.1 Å². The van der Waals surface area contributed by atoms with Crippen LogP contribution >= 0.6 is 0 Å². The SMILES string of the molecule is CC1=NC2=CC(C3CCCCN3C(=O)c3cc(C)ccc3NS(C)=O)NN2C(C)=N1. The van der Waals surface area contributed by atoms with Gasteiger partial charge < -0.3 is 9.62 Å². The Balaban J connectivity index is 1.63. The highest BCUT2D eigenvalue weighted by Crippen LogP contribution is 2.30. The van der Waals surface area contributed by atoms with E-state index in [0.29, 0.717) is 17.8 Å². The summed E-state index contributed by atoms with van der Waals surface area (Å²) < 4.78 is 14.7. The minimum Gasteiger partial charge on any atom is -0.334 e. The Kier molecular flexibility index (Phi) is 5.75. The second-order valence-electron chi connectivity index (χ2n) is 8.00. The Bertz CT molecular complexity index is 986. The molecule has 4 rings (SSSR count). The van der Waals surface area contributed by atoms with E-state index in [9.17, 15) is 9.00 Å². The van der Waals surface area contributed by atoms with Crippen molar-refractivity contribution in [3.8, 4) is 0 Å². The Labute approximate surface area is 179 Å². The minimum atomic E-state index is -1.26. The van der Waals surface area contributed by atoms with Crippen LogP contribution in [0.15, 0.2) is 40.1 Å². The predicted octanol–water partition coefficient (Wildman–Crippen LogP) is 2.58. The lowest BCUT2D eigenvalue weighted by atomic mass is 9.94. The van der Waals surface area contributed by atoms with Gasteiger partial charge in [-0.15, -0.1) is 0 Å². The number of nitrogens with one attached hydrogen (secondary N) is 2. The molecule has 30 heavy (non-hydrogen) atoms. The van der Waals surface area contributed by atoms with Crippen molar-refractivity contribution in [2.45, 2.75) is 52.1 Å². The summed E-state index contributed by atoms with van der Waals surface area (Å²) in [4.78, 5) is 24.5. The smallest absolute Gasteiger partial charge is 0.256 e. The van der Waals surface area contributed by atoms with Gasteiger partial charge in [-0.25, -0.2) is 24.6 Å². The van der Waals surface area contributed by atoms with Crippen LogP contribution in [0.5, 0.6) is 0 Å². The largest absolute Gasteiger partial charge is 0.334 e. The average molecular weight is 429 g/mol. The number of amidine groups is 2. The number of likely N-dealkylation sites (tertiary alicyclic amines) is 1. The molecule has 9 heteroatoms. The number of nitrogens with zero attached hydrogens (tertiary/aromatic N) is 4. The van der Waals surface area contributed by atoms with Gasteiger partial charge in [-0.1, -0.05) is 11.6 Å². The molecule has 3 atom stereocenters. The molecule has 1 saturated heterocycles. The topological polar surface area (TPSA) is 89.4 Å². The van der Waals surface area contributed by atoms with Crippen LogP contribution in [0.3, 0.4) is 0 Å². The van der Waals surface area contributed by atoms with E-state index in [2.05, 4.69) is 26.2 Å². The predicted molar refractivity (Wildman–Crippen MR) is 121 cm³/mol. The van der Waals surface area contributed by atoms with Gasteiger partial charge in [0.1, 0.15) is 28.5 Å². The standard InChI is InChI=1S/C21H28N6O2S/c1-13-8-9-17(25-30(4)29)16(11-13)21(28)26-10-6-5-7-19(26)18-12-20-23-14(2)22-15(3)27(20)24-18/h8-9,11-12,18-19,24-25H,5-7,10H2,1-4H3. The zero-order valence-corrected chi connectivity index (χ0v) is 18.6. The zero-order chi connectivity index (χ0) is 21.4. The third-order valence-electron chi connectivity index (χ3n) is 5.64. The fraction of sp³-hybridized carbons (Fsp3) is 0.476. The molecule has 1 aromatic carbocycles. The number of hydrazine groups is 1. The van der Waals surface area contributed by atoms with Crippen LogP contribution in [0.25, 0.3) is 0 Å². The van der Waals surface area contributed by atoms with Crippen molar-refractivity contribution in [1.82, 2.24) is 15.3 Å². The van der Waals surface area contributed by atoms with E-state index in [4.69, 9.17) is 0 Å². The maximum Gasteiger partial charge on any atom is 0.256 e. The number of amides is 1. The summed E-state index contributed by atoms with van der Waals surface area (Å²) in [7, 11) is -1.26. The van der Waals surface area contributed by atoms with Gasteiger partial charge in [-0.3, -0.25) is 4.79 Å². The Morgan fingerprint density at radius 2 is 2.03 bits per heavy atom. The summed E-state index contributed by atoms with van der Waals surface area (Å²) in [6, 6.07) is 5.59. The molecule has 1 amide bonds. The zero-order valence-electron chi connectivity index (χ0n) is 17.8. The summed E-state index contributed by atoms with van der Waals surface area (Å²) in [5, 5.41) is 1.90. The first kappa shape index (κ1) is 20.7. The molecule has 3 aliphatic rings. The maximum atomic E-state index is 13.6. The van der Waals surface area contributed by atoms with E-state index in [0.717, 1.165) is 42.3 Å². The van der Waals surface area contributed by atoms with Crippen LogP contribution in [0.1, 0.15) is 49.0 Å². The molecule has 0 saturated carbocycles. The molecular formula is C21H28N6O2S. The Morgan fingerprint density at radius 3 is 2.80 bits per heavy atom. The number of aryl methyl sites for hydroxylation is 1. The number of piperidine rings is 1. The first-order valence-electron chi connectivity index (χ1n) is 10.2. The monoisotopic (exact) mass is 428 g/mol. The third-order valence-corrected chi connectivity index (χ3v) is 6.15. The van der Waals surface area contributed by atoms with Crippen LogP contribution in [0.4, 0.5) is 5.69 Å². The second kappa shape index (κ2) is 8.31. The van der Waals surface area contributed by atoms with E-state index in [1.54, 1.807) is 6.26 Å². The Morgan fingerprint density at radius 1 is 1.23 bits per heavy atom. The summed E-state index contributed by atoms with van der Waals surface area (Å²) in [5.41, 5.74) is 5.63. The van der Waals surface area contributed by atoms with Crippen molar-refractivity contribution in [1.29, 1.82) is 0 Å². The number of anilines is 1. The molecule has 1 fully saturated rings. The van der Waals surface area contributed by atoms with Gasteiger partial charge in [0.25, 0.3) is 5.91 Å². The molecule has 0 aliphatic carbocycles.